The van der Waals surface area contributed by atoms with Crippen molar-refractivity contribution < 1.29 is 0 Å². The Morgan fingerprint density at radius 3 is 2.95 bits per heavy atom. The van der Waals surface area contributed by atoms with Gasteiger partial charge in [0, 0.05) is 17.5 Å². The van der Waals surface area contributed by atoms with Crippen molar-refractivity contribution in [2.75, 3.05) is 11.4 Å². The van der Waals surface area contributed by atoms with Gasteiger partial charge in [-0.05, 0) is 49.4 Å². The van der Waals surface area contributed by atoms with Crippen LogP contribution in [-0.4, -0.2) is 11.5 Å². The Morgan fingerprint density at radius 2 is 2.26 bits per heavy atom. The van der Waals surface area contributed by atoms with Crippen molar-refractivity contribution in [3.8, 4) is 0 Å². The summed E-state index contributed by atoms with van der Waals surface area (Å²) in [5, 5.41) is 2.20. The summed E-state index contributed by atoms with van der Waals surface area (Å²) in [7, 11) is 0. The lowest BCUT2D eigenvalue weighted by molar-refractivity contribution is 0.631. The minimum Gasteiger partial charge on any atom is -0.363 e. The van der Waals surface area contributed by atoms with Gasteiger partial charge in [0.1, 0.15) is 0 Å². The Balaban J connectivity index is 1.87. The zero-order valence-corrected chi connectivity index (χ0v) is 12.2. The molecule has 19 heavy (non-hydrogen) atoms. The quantitative estimate of drug-likeness (QED) is 0.913. The lowest BCUT2D eigenvalue weighted by Crippen LogP contribution is -2.33. The molecule has 1 aliphatic heterocycles. The number of aromatic nitrogens is 1. The maximum absolute atomic E-state index is 5.84. The number of hydrogen-bond acceptors (Lipinski definition) is 4. The Morgan fingerprint density at radius 1 is 1.42 bits per heavy atom. The fourth-order valence-corrected chi connectivity index (χ4v) is 3.66. The highest BCUT2D eigenvalue weighted by Gasteiger charge is 2.24. The van der Waals surface area contributed by atoms with E-state index < -0.39 is 0 Å². The van der Waals surface area contributed by atoms with Gasteiger partial charge in [-0.2, -0.15) is 0 Å². The Labute approximate surface area is 118 Å². The van der Waals surface area contributed by atoms with Crippen LogP contribution in [0, 0.1) is 0 Å². The number of fused-ring (bicyclic) bond motifs is 1. The van der Waals surface area contributed by atoms with Crippen LogP contribution >= 0.6 is 11.3 Å². The molecule has 1 aliphatic rings. The Kier molecular flexibility index (Phi) is 3.29. The fraction of sp³-hybridized carbons (Fsp3) is 0.400. The highest BCUT2D eigenvalue weighted by Crippen LogP contribution is 2.35. The lowest BCUT2D eigenvalue weighted by atomic mass is 10.0. The summed E-state index contributed by atoms with van der Waals surface area (Å²) >= 11 is 1.87. The maximum atomic E-state index is 5.84. The summed E-state index contributed by atoms with van der Waals surface area (Å²) in [5.74, 6) is 0. The standard InChI is InChI=1S/C15H19N3S/c1-10(16)14-4-3-12(9-17-14)18-7-5-15-13(11(18)2)6-8-19-15/h3-4,6,8-11H,5,7,16H2,1-2H3/t10-,11?/m0/s1. The smallest absolute Gasteiger partial charge is 0.0569 e. The lowest BCUT2D eigenvalue weighted by Gasteiger charge is -2.35. The minimum absolute atomic E-state index is 0.00342. The highest BCUT2D eigenvalue weighted by atomic mass is 32.1. The zero-order valence-electron chi connectivity index (χ0n) is 11.3. The Bertz CT molecular complexity index is 559. The molecule has 0 bridgehead atoms. The van der Waals surface area contributed by atoms with E-state index in [4.69, 9.17) is 5.73 Å². The zero-order chi connectivity index (χ0) is 13.4. The van der Waals surface area contributed by atoms with Crippen LogP contribution in [0.4, 0.5) is 5.69 Å². The van der Waals surface area contributed by atoms with Gasteiger partial charge in [-0.3, -0.25) is 4.98 Å². The number of rotatable bonds is 2. The largest absolute Gasteiger partial charge is 0.363 e. The van der Waals surface area contributed by atoms with Crippen LogP contribution in [0.3, 0.4) is 0 Å². The Hall–Kier alpha value is -1.39. The molecule has 3 heterocycles. The first-order chi connectivity index (χ1) is 9.16. The molecule has 2 aromatic heterocycles. The van der Waals surface area contributed by atoms with E-state index in [0.29, 0.717) is 6.04 Å². The summed E-state index contributed by atoms with van der Waals surface area (Å²) in [6.45, 7) is 5.29. The van der Waals surface area contributed by atoms with Crippen molar-refractivity contribution in [1.82, 2.24) is 4.98 Å². The van der Waals surface area contributed by atoms with Gasteiger partial charge in [0.15, 0.2) is 0 Å². The van der Waals surface area contributed by atoms with Crippen LogP contribution in [0.25, 0.3) is 0 Å². The molecule has 2 aromatic rings. The summed E-state index contributed by atoms with van der Waals surface area (Å²) < 4.78 is 0. The first-order valence-electron chi connectivity index (χ1n) is 6.71. The van der Waals surface area contributed by atoms with Crippen molar-refractivity contribution in [1.29, 1.82) is 0 Å². The van der Waals surface area contributed by atoms with Crippen LogP contribution in [0.2, 0.25) is 0 Å². The predicted octanol–water partition coefficient (Wildman–Crippen LogP) is 3.29. The molecule has 2 N–H and O–H groups in total. The molecule has 3 nitrogen and oxygen atoms in total. The average molecular weight is 273 g/mol. The van der Waals surface area contributed by atoms with Crippen molar-refractivity contribution >= 4 is 17.0 Å². The molecule has 100 valence electrons. The SMILES string of the molecule is CC1c2ccsc2CCN1c1ccc([C@H](C)N)nc1. The summed E-state index contributed by atoms with van der Waals surface area (Å²) in [6.07, 6.45) is 3.08. The average Bonchev–Trinajstić information content (AvgIpc) is 2.88. The number of hydrogen-bond donors (Lipinski definition) is 1. The van der Waals surface area contributed by atoms with Crippen LogP contribution in [0.5, 0.6) is 0 Å². The molecule has 1 unspecified atom stereocenters. The molecule has 0 radical (unpaired) electrons. The minimum atomic E-state index is -0.00342. The first kappa shape index (κ1) is 12.6. The monoisotopic (exact) mass is 273 g/mol. The highest BCUT2D eigenvalue weighted by molar-refractivity contribution is 7.10. The third kappa shape index (κ3) is 2.26. The van der Waals surface area contributed by atoms with Gasteiger partial charge >= 0.3 is 0 Å². The van der Waals surface area contributed by atoms with Gasteiger partial charge in [0.2, 0.25) is 0 Å². The van der Waals surface area contributed by atoms with Gasteiger partial charge in [-0.15, -0.1) is 11.3 Å². The van der Waals surface area contributed by atoms with Crippen LogP contribution in [0.1, 0.15) is 42.1 Å². The second-order valence-electron chi connectivity index (χ2n) is 5.15. The molecule has 3 rings (SSSR count). The van der Waals surface area contributed by atoms with E-state index in [2.05, 4.69) is 34.3 Å². The number of nitrogens with zero attached hydrogens (tertiary/aromatic N) is 2. The molecular weight excluding hydrogens is 254 g/mol. The topological polar surface area (TPSA) is 42.1 Å². The van der Waals surface area contributed by atoms with E-state index in [0.717, 1.165) is 18.7 Å². The summed E-state index contributed by atoms with van der Waals surface area (Å²) in [6, 6.07) is 6.85. The first-order valence-corrected chi connectivity index (χ1v) is 7.59. The third-order valence-electron chi connectivity index (χ3n) is 3.85. The van der Waals surface area contributed by atoms with Crippen LogP contribution in [-0.2, 0) is 6.42 Å². The molecule has 0 spiro atoms. The van der Waals surface area contributed by atoms with E-state index in [9.17, 15) is 0 Å². The van der Waals surface area contributed by atoms with E-state index in [1.54, 1.807) is 0 Å². The van der Waals surface area contributed by atoms with E-state index in [1.807, 2.05) is 30.5 Å². The van der Waals surface area contributed by atoms with Crippen molar-refractivity contribution in [3.63, 3.8) is 0 Å². The van der Waals surface area contributed by atoms with Gasteiger partial charge in [0.25, 0.3) is 0 Å². The number of nitrogens with two attached hydrogens (primary N) is 1. The van der Waals surface area contributed by atoms with Gasteiger partial charge in [-0.1, -0.05) is 0 Å². The number of anilines is 1. The third-order valence-corrected chi connectivity index (χ3v) is 4.84. The summed E-state index contributed by atoms with van der Waals surface area (Å²) in [4.78, 5) is 8.42. The van der Waals surface area contributed by atoms with Crippen molar-refractivity contribution in [2.45, 2.75) is 32.4 Å². The fourth-order valence-electron chi connectivity index (χ4n) is 2.70. The van der Waals surface area contributed by atoms with Gasteiger partial charge in [-0.25, -0.2) is 0 Å². The van der Waals surface area contributed by atoms with E-state index in [-0.39, 0.29) is 6.04 Å². The van der Waals surface area contributed by atoms with Crippen molar-refractivity contribution in [3.05, 3.63) is 45.9 Å². The number of pyridine rings is 1. The number of thiophene rings is 1. The second kappa shape index (κ2) is 4.94. The van der Waals surface area contributed by atoms with Crippen LogP contribution < -0.4 is 10.6 Å². The summed E-state index contributed by atoms with van der Waals surface area (Å²) in [5.41, 5.74) is 9.45. The van der Waals surface area contributed by atoms with Crippen molar-refractivity contribution in [2.24, 2.45) is 5.73 Å². The van der Waals surface area contributed by atoms with Gasteiger partial charge < -0.3 is 10.6 Å². The molecule has 0 fully saturated rings. The van der Waals surface area contributed by atoms with Crippen LogP contribution in [0.15, 0.2) is 29.8 Å². The predicted molar refractivity (Wildman–Crippen MR) is 80.6 cm³/mol. The molecular formula is C15H19N3S. The normalized spacial score (nSPS) is 20.2. The molecule has 0 aromatic carbocycles. The molecule has 0 amide bonds. The molecule has 0 saturated heterocycles. The molecule has 4 heteroatoms. The molecule has 2 atom stereocenters. The van der Waals surface area contributed by atoms with E-state index in [1.165, 1.54) is 16.1 Å². The molecule has 0 saturated carbocycles. The maximum Gasteiger partial charge on any atom is 0.0569 e. The van der Waals surface area contributed by atoms with E-state index >= 15 is 0 Å². The van der Waals surface area contributed by atoms with Gasteiger partial charge in [0.05, 0.1) is 23.6 Å². The molecule has 0 aliphatic carbocycles. The second-order valence-corrected chi connectivity index (χ2v) is 6.15.